The highest BCUT2D eigenvalue weighted by molar-refractivity contribution is 7.10. The molecular formula is C11H12N2OS. The van der Waals surface area contributed by atoms with Gasteiger partial charge in [-0.2, -0.15) is 4.98 Å². The summed E-state index contributed by atoms with van der Waals surface area (Å²) in [5.41, 5.74) is 1.27. The third kappa shape index (κ3) is 2.53. The molecule has 0 atom stereocenters. The minimum absolute atomic E-state index is 0.583. The summed E-state index contributed by atoms with van der Waals surface area (Å²) in [5.74, 6) is 1.37. The van der Waals surface area contributed by atoms with Crippen molar-refractivity contribution in [3.8, 4) is 5.88 Å². The monoisotopic (exact) mass is 220 g/mol. The van der Waals surface area contributed by atoms with E-state index in [1.165, 1.54) is 10.4 Å². The maximum atomic E-state index is 5.57. The number of rotatable bonds is 3. The Hall–Kier alpha value is -1.42. The Kier molecular flexibility index (Phi) is 2.97. The normalized spacial score (nSPS) is 10.3. The minimum Gasteiger partial charge on any atom is -0.472 e. The van der Waals surface area contributed by atoms with Gasteiger partial charge in [-0.05, 0) is 30.9 Å². The zero-order valence-corrected chi connectivity index (χ0v) is 9.54. The fraction of sp³-hybridized carbons (Fsp3) is 0.273. The molecule has 0 aliphatic heterocycles. The maximum absolute atomic E-state index is 5.57. The molecule has 0 bridgehead atoms. The Labute approximate surface area is 92.8 Å². The lowest BCUT2D eigenvalue weighted by Gasteiger charge is -2.04. The number of aryl methyl sites for hydroxylation is 2. The van der Waals surface area contributed by atoms with Crippen LogP contribution in [0.3, 0.4) is 0 Å². The largest absolute Gasteiger partial charge is 0.472 e. The molecule has 0 aliphatic carbocycles. The predicted octanol–water partition coefficient (Wildman–Crippen LogP) is 2.73. The topological polar surface area (TPSA) is 35.0 Å². The SMILES string of the molecule is Cc1nccc(OCc2sccc2C)n1. The van der Waals surface area contributed by atoms with Crippen LogP contribution in [0.4, 0.5) is 0 Å². The average Bonchev–Trinajstić information content (AvgIpc) is 2.61. The molecule has 2 heterocycles. The summed E-state index contributed by atoms with van der Waals surface area (Å²) in [4.78, 5) is 9.43. The van der Waals surface area contributed by atoms with E-state index in [2.05, 4.69) is 28.3 Å². The highest BCUT2D eigenvalue weighted by Gasteiger charge is 2.01. The van der Waals surface area contributed by atoms with Crippen molar-refractivity contribution in [1.29, 1.82) is 0 Å². The third-order valence-electron chi connectivity index (χ3n) is 2.07. The Morgan fingerprint density at radius 3 is 2.87 bits per heavy atom. The highest BCUT2D eigenvalue weighted by Crippen LogP contribution is 2.17. The summed E-state index contributed by atoms with van der Waals surface area (Å²) in [6, 6.07) is 3.87. The molecule has 0 aliphatic rings. The first kappa shape index (κ1) is 10.1. The molecule has 0 N–H and O–H groups in total. The lowest BCUT2D eigenvalue weighted by Crippen LogP contribution is -1.98. The van der Waals surface area contributed by atoms with Gasteiger partial charge in [0.25, 0.3) is 0 Å². The van der Waals surface area contributed by atoms with Crippen molar-refractivity contribution in [2.45, 2.75) is 20.5 Å². The van der Waals surface area contributed by atoms with Crippen molar-refractivity contribution >= 4 is 11.3 Å². The molecule has 0 saturated heterocycles. The van der Waals surface area contributed by atoms with E-state index >= 15 is 0 Å². The van der Waals surface area contributed by atoms with Crippen LogP contribution in [-0.4, -0.2) is 9.97 Å². The Morgan fingerprint density at radius 1 is 1.33 bits per heavy atom. The van der Waals surface area contributed by atoms with Gasteiger partial charge in [0, 0.05) is 17.1 Å². The van der Waals surface area contributed by atoms with Crippen molar-refractivity contribution in [1.82, 2.24) is 9.97 Å². The first-order valence-corrected chi connectivity index (χ1v) is 5.59. The van der Waals surface area contributed by atoms with Crippen molar-refractivity contribution in [2.75, 3.05) is 0 Å². The second-order valence-electron chi connectivity index (χ2n) is 3.26. The van der Waals surface area contributed by atoms with Crippen LogP contribution in [0.2, 0.25) is 0 Å². The molecule has 2 aromatic heterocycles. The third-order valence-corrected chi connectivity index (χ3v) is 3.07. The van der Waals surface area contributed by atoms with Crippen LogP contribution in [0.5, 0.6) is 5.88 Å². The number of nitrogens with zero attached hydrogens (tertiary/aromatic N) is 2. The maximum Gasteiger partial charge on any atom is 0.216 e. The smallest absolute Gasteiger partial charge is 0.216 e. The fourth-order valence-corrected chi connectivity index (χ4v) is 2.02. The van der Waals surface area contributed by atoms with Gasteiger partial charge < -0.3 is 4.74 Å². The zero-order valence-electron chi connectivity index (χ0n) is 8.73. The first-order chi connectivity index (χ1) is 7.25. The van der Waals surface area contributed by atoms with Gasteiger partial charge in [0.05, 0.1) is 0 Å². The van der Waals surface area contributed by atoms with Gasteiger partial charge in [-0.25, -0.2) is 4.98 Å². The lowest BCUT2D eigenvalue weighted by molar-refractivity contribution is 0.295. The molecule has 0 unspecified atom stereocenters. The summed E-state index contributed by atoms with van der Waals surface area (Å²) < 4.78 is 5.57. The summed E-state index contributed by atoms with van der Waals surface area (Å²) >= 11 is 1.70. The van der Waals surface area contributed by atoms with Gasteiger partial charge in [0.15, 0.2) is 0 Å². The zero-order chi connectivity index (χ0) is 10.7. The summed E-state index contributed by atoms with van der Waals surface area (Å²) in [5, 5.41) is 2.07. The molecular weight excluding hydrogens is 208 g/mol. The van der Waals surface area contributed by atoms with Gasteiger partial charge in [-0.15, -0.1) is 11.3 Å². The van der Waals surface area contributed by atoms with Crippen LogP contribution in [0, 0.1) is 13.8 Å². The summed E-state index contributed by atoms with van der Waals surface area (Å²) in [6.07, 6.45) is 1.71. The van der Waals surface area contributed by atoms with Crippen LogP contribution in [0.1, 0.15) is 16.3 Å². The average molecular weight is 220 g/mol. The van der Waals surface area contributed by atoms with E-state index < -0.39 is 0 Å². The van der Waals surface area contributed by atoms with Crippen molar-refractivity contribution in [2.24, 2.45) is 0 Å². The standard InChI is InChI=1S/C11H12N2OS/c1-8-4-6-15-10(8)7-14-11-3-5-12-9(2)13-11/h3-6H,7H2,1-2H3. The van der Waals surface area contributed by atoms with Gasteiger partial charge in [-0.1, -0.05) is 0 Å². The molecule has 0 radical (unpaired) electrons. The molecule has 2 rings (SSSR count). The molecule has 0 aromatic carbocycles. The lowest BCUT2D eigenvalue weighted by atomic mass is 10.3. The number of thiophene rings is 1. The molecule has 0 amide bonds. The number of aromatic nitrogens is 2. The van der Waals surface area contributed by atoms with Crippen LogP contribution in [0.25, 0.3) is 0 Å². The number of hydrogen-bond donors (Lipinski definition) is 0. The molecule has 4 heteroatoms. The van der Waals surface area contributed by atoms with Crippen molar-refractivity contribution in [3.63, 3.8) is 0 Å². The highest BCUT2D eigenvalue weighted by atomic mass is 32.1. The predicted molar refractivity (Wildman–Crippen MR) is 60.2 cm³/mol. The van der Waals surface area contributed by atoms with Gasteiger partial charge in [0.2, 0.25) is 5.88 Å². The molecule has 78 valence electrons. The van der Waals surface area contributed by atoms with Crippen LogP contribution >= 0.6 is 11.3 Å². The van der Waals surface area contributed by atoms with E-state index in [0.717, 1.165) is 5.82 Å². The number of ether oxygens (including phenoxy) is 1. The molecule has 2 aromatic rings. The number of hydrogen-bond acceptors (Lipinski definition) is 4. The van der Waals surface area contributed by atoms with E-state index in [1.807, 2.05) is 6.92 Å². The van der Waals surface area contributed by atoms with Crippen LogP contribution in [-0.2, 0) is 6.61 Å². The molecule has 0 spiro atoms. The van der Waals surface area contributed by atoms with E-state index in [1.54, 1.807) is 23.6 Å². The molecule has 15 heavy (non-hydrogen) atoms. The fourth-order valence-electron chi connectivity index (χ4n) is 1.21. The minimum atomic E-state index is 0.583. The molecule has 0 saturated carbocycles. The van der Waals surface area contributed by atoms with Crippen LogP contribution in [0.15, 0.2) is 23.7 Å². The van der Waals surface area contributed by atoms with Crippen molar-refractivity contribution in [3.05, 3.63) is 40.0 Å². The Bertz CT molecular complexity index is 453. The van der Waals surface area contributed by atoms with E-state index in [0.29, 0.717) is 12.5 Å². The first-order valence-electron chi connectivity index (χ1n) is 4.71. The quantitative estimate of drug-likeness (QED) is 0.797. The molecule has 0 fully saturated rings. The second kappa shape index (κ2) is 4.40. The summed E-state index contributed by atoms with van der Waals surface area (Å²) in [6.45, 7) is 4.52. The van der Waals surface area contributed by atoms with Gasteiger partial charge in [0.1, 0.15) is 12.4 Å². The van der Waals surface area contributed by atoms with E-state index in [-0.39, 0.29) is 0 Å². The molecule has 3 nitrogen and oxygen atoms in total. The van der Waals surface area contributed by atoms with Gasteiger partial charge >= 0.3 is 0 Å². The Balaban J connectivity index is 2.02. The van der Waals surface area contributed by atoms with Crippen LogP contribution < -0.4 is 4.74 Å². The van der Waals surface area contributed by atoms with E-state index in [9.17, 15) is 0 Å². The van der Waals surface area contributed by atoms with Gasteiger partial charge in [-0.3, -0.25) is 0 Å². The second-order valence-corrected chi connectivity index (χ2v) is 4.26. The van der Waals surface area contributed by atoms with Crippen molar-refractivity contribution < 1.29 is 4.74 Å². The summed E-state index contributed by atoms with van der Waals surface area (Å²) in [7, 11) is 0. The Morgan fingerprint density at radius 2 is 2.20 bits per heavy atom. The van der Waals surface area contributed by atoms with E-state index in [4.69, 9.17) is 4.74 Å².